The van der Waals surface area contributed by atoms with Crippen LogP contribution >= 0.6 is 0 Å². The molecule has 0 spiro atoms. The summed E-state index contributed by atoms with van der Waals surface area (Å²) in [5.41, 5.74) is 17.0. The molecule has 14 heteroatoms. The molecule has 13 N–H and O–H groups in total. The minimum absolute atomic E-state index is 0.135. The predicted octanol–water partition coefficient (Wildman–Crippen LogP) is -5.61. The van der Waals surface area contributed by atoms with Crippen molar-refractivity contribution in [1.82, 2.24) is 5.32 Å². The summed E-state index contributed by atoms with van der Waals surface area (Å²) in [7, 11) is 1.58. The Labute approximate surface area is 197 Å². The zero-order valence-electron chi connectivity index (χ0n) is 19.5. The molecule has 0 aromatic heterocycles. The number of hydrogen-bond acceptors (Lipinski definition) is 14. The standard InChI is InChI=1S/C20H40N4O10/c1-6(25)14-11(27)10(26)9(23)18(32-14)33-15-7(21)4-8(22)16(12(15)28)34-19-13(29)17(24-3)20(2,30)5-31-19/h6-19,24-30H,4-5,21-23H2,1-3H3/t6?,7-,8+,9+,10+,11-,12-,13+,14?,15+,16-,17+,18+,19+,20-/m0/s1. The molecule has 34 heavy (non-hydrogen) atoms. The van der Waals surface area contributed by atoms with Crippen LogP contribution < -0.4 is 22.5 Å². The quantitative estimate of drug-likeness (QED) is 0.165. The lowest BCUT2D eigenvalue weighted by Crippen LogP contribution is -2.69. The fourth-order valence-electron chi connectivity index (χ4n) is 4.95. The van der Waals surface area contributed by atoms with Crippen LogP contribution in [0.15, 0.2) is 0 Å². The monoisotopic (exact) mass is 496 g/mol. The van der Waals surface area contributed by atoms with Gasteiger partial charge in [-0.2, -0.15) is 0 Å². The fourth-order valence-corrected chi connectivity index (χ4v) is 4.95. The molecule has 2 heterocycles. The lowest BCUT2D eigenvalue weighted by molar-refractivity contribution is -0.319. The van der Waals surface area contributed by atoms with Crippen LogP contribution in [0.25, 0.3) is 0 Å². The first-order valence-corrected chi connectivity index (χ1v) is 11.4. The molecule has 3 fully saturated rings. The molecule has 3 rings (SSSR count). The van der Waals surface area contributed by atoms with Crippen molar-refractivity contribution in [3.05, 3.63) is 0 Å². The highest BCUT2D eigenvalue weighted by Gasteiger charge is 2.52. The SMILES string of the molecule is CN[C@@H]1[C@@H](O)[C@@H](O[C@@H]2[C@@H](O)[C@H](O[C@H]3OC(C(C)O)[C@@H](O)[C@H](O)[C@H]3N)[C@@H](N)C[C@H]2N)OC[C@]1(C)O. The molecule has 0 radical (unpaired) electrons. The lowest BCUT2D eigenvalue weighted by atomic mass is 9.84. The van der Waals surface area contributed by atoms with Crippen LogP contribution in [0.5, 0.6) is 0 Å². The van der Waals surface area contributed by atoms with E-state index in [0.29, 0.717) is 0 Å². The Morgan fingerprint density at radius 3 is 2.03 bits per heavy atom. The zero-order valence-corrected chi connectivity index (χ0v) is 19.5. The summed E-state index contributed by atoms with van der Waals surface area (Å²) < 4.78 is 22.8. The predicted molar refractivity (Wildman–Crippen MR) is 116 cm³/mol. The van der Waals surface area contributed by atoms with Crippen molar-refractivity contribution in [2.24, 2.45) is 17.2 Å². The first-order chi connectivity index (χ1) is 15.8. The summed E-state index contributed by atoms with van der Waals surface area (Å²) in [4.78, 5) is 0. The van der Waals surface area contributed by atoms with Crippen molar-refractivity contribution in [2.75, 3.05) is 13.7 Å². The maximum absolute atomic E-state index is 11.1. The largest absolute Gasteiger partial charge is 0.391 e. The molecule has 2 saturated heterocycles. The van der Waals surface area contributed by atoms with Crippen LogP contribution in [0.4, 0.5) is 0 Å². The molecule has 15 atom stereocenters. The molecule has 0 aromatic rings. The maximum atomic E-state index is 11.1. The van der Waals surface area contributed by atoms with E-state index in [1.807, 2.05) is 0 Å². The molecule has 1 saturated carbocycles. The maximum Gasteiger partial charge on any atom is 0.185 e. The number of nitrogens with one attached hydrogen (secondary N) is 1. The van der Waals surface area contributed by atoms with E-state index in [-0.39, 0.29) is 13.0 Å². The topological polar surface area (TPSA) is 248 Å². The van der Waals surface area contributed by atoms with Gasteiger partial charge < -0.3 is 72.1 Å². The van der Waals surface area contributed by atoms with Gasteiger partial charge in [-0.1, -0.05) is 0 Å². The van der Waals surface area contributed by atoms with E-state index in [9.17, 15) is 30.6 Å². The summed E-state index contributed by atoms with van der Waals surface area (Å²) in [5, 5.41) is 65.2. The molecule has 0 amide bonds. The molecule has 2 aliphatic heterocycles. The third-order valence-corrected chi connectivity index (χ3v) is 6.95. The van der Waals surface area contributed by atoms with E-state index < -0.39 is 91.2 Å². The fraction of sp³-hybridized carbons (Fsp3) is 1.00. The van der Waals surface area contributed by atoms with Gasteiger partial charge >= 0.3 is 0 Å². The third kappa shape index (κ3) is 5.40. The molecule has 1 aliphatic carbocycles. The molecule has 2 unspecified atom stereocenters. The van der Waals surface area contributed by atoms with Crippen LogP contribution in [0.1, 0.15) is 20.3 Å². The van der Waals surface area contributed by atoms with E-state index in [4.69, 9.17) is 36.1 Å². The van der Waals surface area contributed by atoms with E-state index in [1.54, 1.807) is 7.05 Å². The van der Waals surface area contributed by atoms with Gasteiger partial charge in [-0.25, -0.2) is 0 Å². The summed E-state index contributed by atoms with van der Waals surface area (Å²) in [6, 6.07) is -3.47. The third-order valence-electron chi connectivity index (χ3n) is 6.95. The minimum Gasteiger partial charge on any atom is -0.391 e. The highest BCUT2D eigenvalue weighted by atomic mass is 16.7. The summed E-state index contributed by atoms with van der Waals surface area (Å²) >= 11 is 0. The summed E-state index contributed by atoms with van der Waals surface area (Å²) in [6.45, 7) is 2.75. The molecule has 14 nitrogen and oxygen atoms in total. The Kier molecular flexibility index (Phi) is 8.92. The Bertz CT molecular complexity index is 675. The van der Waals surface area contributed by atoms with Crippen LogP contribution in [0.2, 0.25) is 0 Å². The minimum atomic E-state index is -1.46. The van der Waals surface area contributed by atoms with Crippen molar-refractivity contribution in [3.63, 3.8) is 0 Å². The van der Waals surface area contributed by atoms with E-state index >= 15 is 0 Å². The second kappa shape index (κ2) is 10.8. The van der Waals surface area contributed by atoms with Crippen molar-refractivity contribution in [1.29, 1.82) is 0 Å². The lowest BCUT2D eigenvalue weighted by Gasteiger charge is -2.49. The number of nitrogens with two attached hydrogens (primary N) is 3. The van der Waals surface area contributed by atoms with Crippen LogP contribution in [-0.2, 0) is 18.9 Å². The molecular weight excluding hydrogens is 456 g/mol. The van der Waals surface area contributed by atoms with Gasteiger partial charge in [0.15, 0.2) is 12.6 Å². The van der Waals surface area contributed by atoms with Crippen LogP contribution in [0.3, 0.4) is 0 Å². The molecule has 3 aliphatic rings. The Morgan fingerprint density at radius 2 is 1.50 bits per heavy atom. The number of rotatable bonds is 6. The highest BCUT2D eigenvalue weighted by Crippen LogP contribution is 2.32. The molecule has 0 bridgehead atoms. The van der Waals surface area contributed by atoms with Gasteiger partial charge in [0.1, 0.15) is 48.3 Å². The van der Waals surface area contributed by atoms with Gasteiger partial charge in [0, 0.05) is 12.1 Å². The number of likely N-dealkylation sites (N-methyl/N-ethyl adjacent to an activating group) is 1. The average Bonchev–Trinajstić information content (AvgIpc) is 2.75. The van der Waals surface area contributed by atoms with E-state index in [0.717, 1.165) is 0 Å². The van der Waals surface area contributed by atoms with Crippen LogP contribution in [-0.4, -0.2) is 135 Å². The zero-order chi connectivity index (χ0) is 25.5. The number of hydrogen-bond donors (Lipinski definition) is 10. The second-order valence-electron chi connectivity index (χ2n) is 9.82. The Balaban J connectivity index is 1.73. The van der Waals surface area contributed by atoms with Crippen molar-refractivity contribution in [3.8, 4) is 0 Å². The second-order valence-corrected chi connectivity index (χ2v) is 9.82. The van der Waals surface area contributed by atoms with Gasteiger partial charge in [0.2, 0.25) is 0 Å². The van der Waals surface area contributed by atoms with Crippen molar-refractivity contribution < 1.29 is 49.6 Å². The number of ether oxygens (including phenoxy) is 4. The first kappa shape index (κ1) is 28.0. The summed E-state index contributed by atoms with van der Waals surface area (Å²) in [6.07, 6.45) is -12.4. The first-order valence-electron chi connectivity index (χ1n) is 11.4. The average molecular weight is 497 g/mol. The smallest absolute Gasteiger partial charge is 0.185 e. The normalized spacial score (nSPS) is 53.5. The van der Waals surface area contributed by atoms with Gasteiger partial charge in [-0.15, -0.1) is 0 Å². The molecule has 200 valence electrons. The van der Waals surface area contributed by atoms with Gasteiger partial charge in [0.25, 0.3) is 0 Å². The highest BCUT2D eigenvalue weighted by molar-refractivity contribution is 5.02. The van der Waals surface area contributed by atoms with E-state index in [2.05, 4.69) is 5.32 Å². The van der Waals surface area contributed by atoms with Gasteiger partial charge in [0.05, 0.1) is 24.8 Å². The van der Waals surface area contributed by atoms with Crippen molar-refractivity contribution in [2.45, 2.75) is 111 Å². The number of aliphatic hydroxyl groups excluding tert-OH is 5. The number of aliphatic hydroxyl groups is 6. The molecule has 0 aromatic carbocycles. The van der Waals surface area contributed by atoms with Crippen LogP contribution in [0, 0.1) is 0 Å². The molecular formula is C20H40N4O10. The summed E-state index contributed by atoms with van der Waals surface area (Å²) in [5.74, 6) is 0. The van der Waals surface area contributed by atoms with Crippen molar-refractivity contribution >= 4 is 0 Å². The Hall–Kier alpha value is -0.560. The van der Waals surface area contributed by atoms with Gasteiger partial charge in [-0.05, 0) is 27.3 Å². The Morgan fingerprint density at radius 1 is 0.941 bits per heavy atom. The van der Waals surface area contributed by atoms with Gasteiger partial charge in [-0.3, -0.25) is 0 Å². The van der Waals surface area contributed by atoms with E-state index in [1.165, 1.54) is 13.8 Å².